The molecule has 1 saturated heterocycles. The second kappa shape index (κ2) is 5.71. The average molecular weight is 248 g/mol. The van der Waals surface area contributed by atoms with E-state index in [4.69, 9.17) is 0 Å². The van der Waals surface area contributed by atoms with Crippen molar-refractivity contribution >= 4 is 11.7 Å². The van der Waals surface area contributed by atoms with Gasteiger partial charge in [-0.05, 0) is 25.0 Å². The quantitative estimate of drug-likeness (QED) is 0.865. The number of hydrogen-bond donors (Lipinski definition) is 1. The Bertz CT molecular complexity index is 385. The SMILES string of the molecule is CN(C)C(=O)N1CCC(Nc2cccnc2)CC1. The summed E-state index contributed by atoms with van der Waals surface area (Å²) in [7, 11) is 3.59. The van der Waals surface area contributed by atoms with Gasteiger partial charge in [-0.15, -0.1) is 0 Å². The first-order chi connectivity index (χ1) is 8.66. The van der Waals surface area contributed by atoms with E-state index in [-0.39, 0.29) is 6.03 Å². The van der Waals surface area contributed by atoms with Crippen molar-refractivity contribution in [2.24, 2.45) is 0 Å². The van der Waals surface area contributed by atoms with Gasteiger partial charge in [-0.3, -0.25) is 4.98 Å². The minimum Gasteiger partial charge on any atom is -0.381 e. The summed E-state index contributed by atoms with van der Waals surface area (Å²) < 4.78 is 0. The molecular formula is C13H20N4O. The Morgan fingerprint density at radius 2 is 2.17 bits per heavy atom. The lowest BCUT2D eigenvalue weighted by molar-refractivity contribution is 0.158. The van der Waals surface area contributed by atoms with Gasteiger partial charge in [0.2, 0.25) is 0 Å². The molecule has 2 heterocycles. The number of rotatable bonds is 2. The molecule has 1 aliphatic heterocycles. The molecule has 18 heavy (non-hydrogen) atoms. The second-order valence-electron chi connectivity index (χ2n) is 4.82. The number of piperidine rings is 1. The molecule has 98 valence electrons. The zero-order chi connectivity index (χ0) is 13.0. The highest BCUT2D eigenvalue weighted by Gasteiger charge is 2.23. The molecule has 1 aromatic rings. The summed E-state index contributed by atoms with van der Waals surface area (Å²) in [6, 6.07) is 4.48. The van der Waals surface area contributed by atoms with Crippen molar-refractivity contribution in [1.82, 2.24) is 14.8 Å². The van der Waals surface area contributed by atoms with Crippen LogP contribution in [0.1, 0.15) is 12.8 Å². The number of carbonyl (C=O) groups is 1. The number of anilines is 1. The van der Waals surface area contributed by atoms with Crippen molar-refractivity contribution in [1.29, 1.82) is 0 Å². The summed E-state index contributed by atoms with van der Waals surface area (Å²) >= 11 is 0. The topological polar surface area (TPSA) is 48.5 Å². The lowest BCUT2D eigenvalue weighted by Crippen LogP contribution is -2.46. The van der Waals surface area contributed by atoms with E-state index >= 15 is 0 Å². The zero-order valence-electron chi connectivity index (χ0n) is 11.0. The van der Waals surface area contributed by atoms with E-state index in [9.17, 15) is 4.79 Å². The van der Waals surface area contributed by atoms with Crippen LogP contribution in [-0.2, 0) is 0 Å². The minimum atomic E-state index is 0.106. The molecule has 1 aromatic heterocycles. The molecule has 5 nitrogen and oxygen atoms in total. The monoisotopic (exact) mass is 248 g/mol. The van der Waals surface area contributed by atoms with E-state index in [1.807, 2.05) is 23.2 Å². The van der Waals surface area contributed by atoms with Crippen molar-refractivity contribution in [3.63, 3.8) is 0 Å². The van der Waals surface area contributed by atoms with Crippen LogP contribution in [0.2, 0.25) is 0 Å². The maximum atomic E-state index is 11.8. The Kier molecular flexibility index (Phi) is 4.02. The molecule has 0 aliphatic carbocycles. The van der Waals surface area contributed by atoms with Gasteiger partial charge in [0, 0.05) is 45.6 Å². The summed E-state index contributed by atoms with van der Waals surface area (Å²) in [4.78, 5) is 19.4. The Morgan fingerprint density at radius 1 is 1.44 bits per heavy atom. The molecule has 1 N–H and O–H groups in total. The fourth-order valence-electron chi connectivity index (χ4n) is 2.18. The molecule has 0 unspecified atom stereocenters. The van der Waals surface area contributed by atoms with Crippen LogP contribution in [0.3, 0.4) is 0 Å². The molecule has 5 heteroatoms. The van der Waals surface area contributed by atoms with Crippen LogP contribution in [0.4, 0.5) is 10.5 Å². The largest absolute Gasteiger partial charge is 0.381 e. The van der Waals surface area contributed by atoms with Crippen LogP contribution in [0, 0.1) is 0 Å². The van der Waals surface area contributed by atoms with Gasteiger partial charge >= 0.3 is 6.03 Å². The van der Waals surface area contributed by atoms with Crippen LogP contribution in [0.15, 0.2) is 24.5 Å². The first kappa shape index (κ1) is 12.7. The van der Waals surface area contributed by atoms with Crippen LogP contribution in [0.5, 0.6) is 0 Å². The fraction of sp³-hybridized carbons (Fsp3) is 0.538. The van der Waals surface area contributed by atoms with Crippen LogP contribution >= 0.6 is 0 Å². The Balaban J connectivity index is 1.82. The van der Waals surface area contributed by atoms with Gasteiger partial charge in [-0.1, -0.05) is 0 Å². The van der Waals surface area contributed by atoms with Crippen LogP contribution < -0.4 is 5.32 Å². The van der Waals surface area contributed by atoms with Crippen molar-refractivity contribution in [2.75, 3.05) is 32.5 Å². The fourth-order valence-corrected chi connectivity index (χ4v) is 2.18. The first-order valence-electron chi connectivity index (χ1n) is 6.29. The minimum absolute atomic E-state index is 0.106. The molecule has 2 amide bonds. The number of pyridine rings is 1. The van der Waals surface area contributed by atoms with Crippen LogP contribution in [-0.4, -0.2) is 54.0 Å². The lowest BCUT2D eigenvalue weighted by atomic mass is 10.1. The molecule has 0 spiro atoms. The molecule has 0 atom stereocenters. The molecule has 0 saturated carbocycles. The molecule has 2 rings (SSSR count). The third-order valence-corrected chi connectivity index (χ3v) is 3.18. The normalized spacial score (nSPS) is 16.4. The van der Waals surface area contributed by atoms with E-state index in [0.717, 1.165) is 31.6 Å². The van der Waals surface area contributed by atoms with Gasteiger partial charge in [0.15, 0.2) is 0 Å². The van der Waals surface area contributed by atoms with Gasteiger partial charge < -0.3 is 15.1 Å². The average Bonchev–Trinajstić information content (AvgIpc) is 2.40. The number of amides is 2. The Labute approximate surface area is 108 Å². The Hall–Kier alpha value is -1.78. The number of carbonyl (C=O) groups excluding carboxylic acids is 1. The van der Waals surface area contributed by atoms with E-state index < -0.39 is 0 Å². The molecule has 0 bridgehead atoms. The van der Waals surface area contributed by atoms with Crippen molar-refractivity contribution in [3.05, 3.63) is 24.5 Å². The summed E-state index contributed by atoms with van der Waals surface area (Å²) in [6.07, 6.45) is 5.56. The summed E-state index contributed by atoms with van der Waals surface area (Å²) in [6.45, 7) is 1.63. The summed E-state index contributed by atoms with van der Waals surface area (Å²) in [5, 5.41) is 3.46. The highest BCUT2D eigenvalue weighted by molar-refractivity contribution is 5.73. The van der Waals surface area contributed by atoms with Crippen molar-refractivity contribution in [3.8, 4) is 0 Å². The zero-order valence-corrected chi connectivity index (χ0v) is 11.0. The maximum Gasteiger partial charge on any atom is 0.319 e. The number of urea groups is 1. The molecule has 0 aromatic carbocycles. The van der Waals surface area contributed by atoms with E-state index in [2.05, 4.69) is 10.3 Å². The summed E-state index contributed by atoms with van der Waals surface area (Å²) in [5.74, 6) is 0. The van der Waals surface area contributed by atoms with Crippen molar-refractivity contribution in [2.45, 2.75) is 18.9 Å². The molecule has 1 aliphatic rings. The van der Waals surface area contributed by atoms with Gasteiger partial charge in [0.25, 0.3) is 0 Å². The van der Waals surface area contributed by atoms with Gasteiger partial charge in [-0.2, -0.15) is 0 Å². The number of hydrogen-bond acceptors (Lipinski definition) is 3. The number of aromatic nitrogens is 1. The third kappa shape index (κ3) is 3.12. The van der Waals surface area contributed by atoms with Gasteiger partial charge in [-0.25, -0.2) is 4.79 Å². The maximum absolute atomic E-state index is 11.8. The van der Waals surface area contributed by atoms with E-state index in [1.54, 1.807) is 25.2 Å². The van der Waals surface area contributed by atoms with E-state index in [0.29, 0.717) is 6.04 Å². The number of nitrogens with zero attached hydrogens (tertiary/aromatic N) is 3. The predicted octanol–water partition coefficient (Wildman–Crippen LogP) is 1.64. The standard InChI is InChI=1S/C13H20N4O/c1-16(2)13(18)17-8-5-11(6-9-17)15-12-4-3-7-14-10-12/h3-4,7,10-11,15H,5-6,8-9H2,1-2H3. The van der Waals surface area contributed by atoms with Crippen molar-refractivity contribution < 1.29 is 4.79 Å². The van der Waals surface area contributed by atoms with E-state index in [1.165, 1.54) is 0 Å². The first-order valence-corrected chi connectivity index (χ1v) is 6.29. The number of nitrogens with one attached hydrogen (secondary N) is 1. The summed E-state index contributed by atoms with van der Waals surface area (Å²) in [5.41, 5.74) is 1.05. The predicted molar refractivity (Wildman–Crippen MR) is 71.5 cm³/mol. The third-order valence-electron chi connectivity index (χ3n) is 3.18. The van der Waals surface area contributed by atoms with Crippen LogP contribution in [0.25, 0.3) is 0 Å². The molecule has 1 fully saturated rings. The smallest absolute Gasteiger partial charge is 0.319 e. The highest BCUT2D eigenvalue weighted by atomic mass is 16.2. The Morgan fingerprint density at radius 3 is 2.72 bits per heavy atom. The van der Waals surface area contributed by atoms with Gasteiger partial charge in [0.1, 0.15) is 0 Å². The lowest BCUT2D eigenvalue weighted by Gasteiger charge is -2.34. The molecular weight excluding hydrogens is 228 g/mol. The molecule has 0 radical (unpaired) electrons. The number of likely N-dealkylation sites (tertiary alicyclic amines) is 1. The van der Waals surface area contributed by atoms with Gasteiger partial charge in [0.05, 0.1) is 5.69 Å². The second-order valence-corrected chi connectivity index (χ2v) is 4.82. The highest BCUT2D eigenvalue weighted by Crippen LogP contribution is 2.16.